The van der Waals surface area contributed by atoms with E-state index in [1.54, 1.807) is 0 Å². The van der Waals surface area contributed by atoms with Gasteiger partial charge in [0.25, 0.3) is 0 Å². The molecule has 2 atom stereocenters. The van der Waals surface area contributed by atoms with Gasteiger partial charge in [0.2, 0.25) is 0 Å². The summed E-state index contributed by atoms with van der Waals surface area (Å²) in [7, 11) is 0. The Balaban J connectivity index is 2.13. The third-order valence-corrected chi connectivity index (χ3v) is 2.28. The van der Waals surface area contributed by atoms with Gasteiger partial charge in [0.05, 0.1) is 18.6 Å². The number of nitrogens with zero attached hydrogens (tertiary/aromatic N) is 1. The Morgan fingerprint density at radius 2 is 2.58 bits per heavy atom. The smallest absolute Gasteiger partial charge is 0.352 e. The SMILES string of the molecule is O=C(O)C1=NN[C@H]2CCOC[C@H]12. The van der Waals surface area contributed by atoms with Crippen LogP contribution in [-0.2, 0) is 9.53 Å². The summed E-state index contributed by atoms with van der Waals surface area (Å²) in [6, 6.07) is 0.171. The van der Waals surface area contributed by atoms with Gasteiger partial charge in [-0.25, -0.2) is 4.79 Å². The van der Waals surface area contributed by atoms with E-state index in [-0.39, 0.29) is 17.7 Å². The van der Waals surface area contributed by atoms with Crippen LogP contribution in [0.15, 0.2) is 5.10 Å². The van der Waals surface area contributed by atoms with Crippen molar-refractivity contribution in [3.05, 3.63) is 0 Å². The van der Waals surface area contributed by atoms with Gasteiger partial charge in [0.15, 0.2) is 5.71 Å². The summed E-state index contributed by atoms with van der Waals surface area (Å²) in [5.74, 6) is -1.00. The van der Waals surface area contributed by atoms with Gasteiger partial charge in [0.1, 0.15) is 0 Å². The van der Waals surface area contributed by atoms with E-state index in [0.29, 0.717) is 13.2 Å². The molecular weight excluding hydrogens is 160 g/mol. The molecule has 0 amide bonds. The molecule has 2 aliphatic heterocycles. The molecule has 2 N–H and O–H groups in total. The first kappa shape index (κ1) is 7.54. The van der Waals surface area contributed by atoms with Gasteiger partial charge < -0.3 is 15.3 Å². The van der Waals surface area contributed by atoms with Crippen LogP contribution in [0.4, 0.5) is 0 Å². The Morgan fingerprint density at radius 1 is 1.75 bits per heavy atom. The summed E-state index contributed by atoms with van der Waals surface area (Å²) in [6.07, 6.45) is 0.838. The number of carbonyl (C=O) groups is 1. The molecule has 0 radical (unpaired) electrons. The molecule has 2 rings (SSSR count). The standard InChI is InChI=1S/C7H10N2O3/c10-7(11)6-4-3-12-2-1-5(4)8-9-6/h4-5,8H,1-3H2,(H,10,11)/t4-,5-/m0/s1. The number of carboxylic acid groups (broad SMARTS) is 1. The number of aliphatic carboxylic acids is 1. The highest BCUT2D eigenvalue weighted by Gasteiger charge is 2.37. The lowest BCUT2D eigenvalue weighted by Crippen LogP contribution is -2.40. The lowest BCUT2D eigenvalue weighted by Gasteiger charge is -2.24. The van der Waals surface area contributed by atoms with Crippen molar-refractivity contribution >= 4 is 11.7 Å². The van der Waals surface area contributed by atoms with Gasteiger partial charge in [-0.3, -0.25) is 0 Å². The molecule has 5 nitrogen and oxygen atoms in total. The zero-order valence-electron chi connectivity index (χ0n) is 6.49. The number of hydrogen-bond donors (Lipinski definition) is 2. The summed E-state index contributed by atoms with van der Waals surface area (Å²) in [6.45, 7) is 1.17. The topological polar surface area (TPSA) is 70.9 Å². The average Bonchev–Trinajstić information content (AvgIpc) is 2.47. The van der Waals surface area contributed by atoms with Crippen LogP contribution in [0.5, 0.6) is 0 Å². The maximum Gasteiger partial charge on any atom is 0.352 e. The molecule has 12 heavy (non-hydrogen) atoms. The average molecular weight is 170 g/mol. The number of hydrogen-bond acceptors (Lipinski definition) is 4. The molecule has 5 heteroatoms. The molecular formula is C7H10N2O3. The highest BCUT2D eigenvalue weighted by molar-refractivity contribution is 6.37. The van der Waals surface area contributed by atoms with Crippen molar-refractivity contribution in [2.24, 2.45) is 11.0 Å². The van der Waals surface area contributed by atoms with E-state index in [2.05, 4.69) is 10.5 Å². The zero-order chi connectivity index (χ0) is 8.55. The quantitative estimate of drug-likeness (QED) is 0.553. The van der Waals surface area contributed by atoms with E-state index in [1.165, 1.54) is 0 Å². The predicted molar refractivity (Wildman–Crippen MR) is 40.9 cm³/mol. The predicted octanol–water partition coefficient (Wildman–Crippen LogP) is -0.565. The summed E-state index contributed by atoms with van der Waals surface area (Å²) in [5, 5.41) is 12.5. The molecule has 0 aliphatic carbocycles. The molecule has 1 fully saturated rings. The molecule has 0 unspecified atom stereocenters. The van der Waals surface area contributed by atoms with Gasteiger partial charge in [0, 0.05) is 6.61 Å². The lowest BCUT2D eigenvalue weighted by atomic mass is 9.93. The van der Waals surface area contributed by atoms with E-state index < -0.39 is 5.97 Å². The van der Waals surface area contributed by atoms with Crippen molar-refractivity contribution in [2.45, 2.75) is 12.5 Å². The third-order valence-electron chi connectivity index (χ3n) is 2.28. The molecule has 2 aliphatic rings. The van der Waals surface area contributed by atoms with E-state index in [4.69, 9.17) is 9.84 Å². The van der Waals surface area contributed by atoms with Gasteiger partial charge in [-0.15, -0.1) is 0 Å². The van der Waals surface area contributed by atoms with Crippen LogP contribution in [0.1, 0.15) is 6.42 Å². The Morgan fingerprint density at radius 3 is 3.33 bits per heavy atom. The molecule has 0 spiro atoms. The van der Waals surface area contributed by atoms with Crippen molar-refractivity contribution in [2.75, 3.05) is 13.2 Å². The summed E-state index contributed by atoms with van der Waals surface area (Å²) in [4.78, 5) is 10.6. The van der Waals surface area contributed by atoms with Crippen LogP contribution in [0.3, 0.4) is 0 Å². The molecule has 0 aromatic heterocycles. The Bertz CT molecular complexity index is 239. The van der Waals surface area contributed by atoms with E-state index in [0.717, 1.165) is 6.42 Å². The number of rotatable bonds is 1. The van der Waals surface area contributed by atoms with Crippen molar-refractivity contribution in [3.63, 3.8) is 0 Å². The van der Waals surface area contributed by atoms with E-state index in [1.807, 2.05) is 0 Å². The molecule has 0 aromatic carbocycles. The minimum absolute atomic E-state index is 0.0590. The van der Waals surface area contributed by atoms with E-state index >= 15 is 0 Å². The van der Waals surface area contributed by atoms with Crippen LogP contribution in [-0.4, -0.2) is 36.0 Å². The molecule has 0 bridgehead atoms. The lowest BCUT2D eigenvalue weighted by molar-refractivity contribution is -0.129. The van der Waals surface area contributed by atoms with Crippen LogP contribution in [0, 0.1) is 5.92 Å². The minimum Gasteiger partial charge on any atom is -0.477 e. The summed E-state index contributed by atoms with van der Waals surface area (Å²) >= 11 is 0. The number of carboxylic acids is 1. The fraction of sp³-hybridized carbons (Fsp3) is 0.714. The van der Waals surface area contributed by atoms with Crippen LogP contribution < -0.4 is 5.43 Å². The van der Waals surface area contributed by atoms with Gasteiger partial charge in [-0.1, -0.05) is 0 Å². The summed E-state index contributed by atoms with van der Waals surface area (Å²) < 4.78 is 5.18. The molecule has 0 saturated carbocycles. The van der Waals surface area contributed by atoms with Crippen molar-refractivity contribution in [1.29, 1.82) is 0 Å². The maximum atomic E-state index is 10.6. The second kappa shape index (κ2) is 2.75. The zero-order valence-corrected chi connectivity index (χ0v) is 6.49. The first-order chi connectivity index (χ1) is 5.79. The van der Waals surface area contributed by atoms with Crippen molar-refractivity contribution in [3.8, 4) is 0 Å². The highest BCUT2D eigenvalue weighted by Crippen LogP contribution is 2.20. The van der Waals surface area contributed by atoms with Crippen molar-refractivity contribution in [1.82, 2.24) is 5.43 Å². The van der Waals surface area contributed by atoms with Crippen LogP contribution in [0.25, 0.3) is 0 Å². The second-order valence-corrected chi connectivity index (χ2v) is 3.01. The fourth-order valence-electron chi connectivity index (χ4n) is 1.60. The van der Waals surface area contributed by atoms with Crippen molar-refractivity contribution < 1.29 is 14.6 Å². The van der Waals surface area contributed by atoms with Gasteiger partial charge >= 0.3 is 5.97 Å². The number of ether oxygens (including phenoxy) is 1. The molecule has 2 heterocycles. The third kappa shape index (κ3) is 1.06. The first-order valence-electron chi connectivity index (χ1n) is 3.93. The number of hydrazone groups is 1. The van der Waals surface area contributed by atoms with Gasteiger partial charge in [-0.2, -0.15) is 5.10 Å². The summed E-state index contributed by atoms with van der Waals surface area (Å²) in [5.41, 5.74) is 3.03. The molecule has 1 saturated heterocycles. The van der Waals surface area contributed by atoms with Gasteiger partial charge in [-0.05, 0) is 6.42 Å². The second-order valence-electron chi connectivity index (χ2n) is 3.01. The molecule has 66 valence electrons. The Kier molecular flexibility index (Phi) is 1.73. The first-order valence-corrected chi connectivity index (χ1v) is 3.93. The fourth-order valence-corrected chi connectivity index (χ4v) is 1.60. The monoisotopic (exact) mass is 170 g/mol. The maximum absolute atomic E-state index is 10.6. The van der Waals surface area contributed by atoms with E-state index in [9.17, 15) is 4.79 Å². The number of fused-ring (bicyclic) bond motifs is 1. The normalized spacial score (nSPS) is 33.5. The Hall–Kier alpha value is -1.10. The van der Waals surface area contributed by atoms with Crippen LogP contribution in [0.2, 0.25) is 0 Å². The Labute approximate surface area is 69.4 Å². The highest BCUT2D eigenvalue weighted by atomic mass is 16.5. The molecule has 0 aromatic rings. The van der Waals surface area contributed by atoms with Crippen LogP contribution >= 0.6 is 0 Å². The number of nitrogens with one attached hydrogen (secondary N) is 1. The largest absolute Gasteiger partial charge is 0.477 e. The minimum atomic E-state index is -0.944.